The van der Waals surface area contributed by atoms with Gasteiger partial charge in [0.15, 0.2) is 0 Å². The minimum atomic E-state index is -0.184. The Balaban J connectivity index is 1.92. The fourth-order valence-electron chi connectivity index (χ4n) is 2.58. The summed E-state index contributed by atoms with van der Waals surface area (Å²) in [6.07, 6.45) is 1.71. The number of hydrogen-bond donors (Lipinski definition) is 1. The van der Waals surface area contributed by atoms with Gasteiger partial charge < -0.3 is 10.1 Å². The molecule has 23 heavy (non-hydrogen) atoms. The lowest BCUT2D eigenvalue weighted by Gasteiger charge is -2.05. The number of aromatic nitrogens is 4. The maximum Gasteiger partial charge on any atom is 0.259 e. The number of anilines is 1. The summed E-state index contributed by atoms with van der Waals surface area (Å²) in [5.74, 6) is 0.385. The van der Waals surface area contributed by atoms with Crippen LogP contribution in [0.15, 0.2) is 24.4 Å². The Bertz CT molecular complexity index is 878. The predicted molar refractivity (Wildman–Crippen MR) is 87.8 cm³/mol. The van der Waals surface area contributed by atoms with Crippen molar-refractivity contribution in [1.82, 2.24) is 19.6 Å². The average molecular weight is 313 g/mol. The molecular weight excluding hydrogens is 294 g/mol. The van der Waals surface area contributed by atoms with Crippen LogP contribution in [0.4, 0.5) is 5.69 Å². The zero-order valence-electron chi connectivity index (χ0n) is 13.6. The van der Waals surface area contributed by atoms with Crippen LogP contribution in [0.3, 0.4) is 0 Å². The van der Waals surface area contributed by atoms with Crippen LogP contribution in [-0.2, 0) is 14.1 Å². The van der Waals surface area contributed by atoms with Crippen LogP contribution >= 0.6 is 0 Å². The summed E-state index contributed by atoms with van der Waals surface area (Å²) in [6.45, 7) is 4.27. The molecule has 7 heteroatoms. The van der Waals surface area contributed by atoms with Gasteiger partial charge in [-0.15, -0.1) is 5.10 Å². The zero-order valence-corrected chi connectivity index (χ0v) is 13.6. The van der Waals surface area contributed by atoms with Crippen LogP contribution in [0.2, 0.25) is 0 Å². The van der Waals surface area contributed by atoms with Crippen LogP contribution < -0.4 is 10.1 Å². The highest BCUT2D eigenvalue weighted by atomic mass is 16.5. The van der Waals surface area contributed by atoms with Crippen LogP contribution in [0.1, 0.15) is 23.0 Å². The number of ether oxygens (including phenoxy) is 1. The van der Waals surface area contributed by atoms with Gasteiger partial charge in [0.2, 0.25) is 5.88 Å². The zero-order chi connectivity index (χ0) is 16.6. The smallest absolute Gasteiger partial charge is 0.259 e. The quantitative estimate of drug-likeness (QED) is 0.802. The number of rotatable bonds is 4. The van der Waals surface area contributed by atoms with E-state index in [-0.39, 0.29) is 5.91 Å². The molecule has 0 aliphatic carbocycles. The van der Waals surface area contributed by atoms with E-state index in [9.17, 15) is 4.79 Å². The molecule has 3 rings (SSSR count). The Morgan fingerprint density at radius 2 is 2.09 bits per heavy atom. The summed E-state index contributed by atoms with van der Waals surface area (Å²) in [7, 11) is 3.65. The number of benzene rings is 1. The first-order valence-corrected chi connectivity index (χ1v) is 7.40. The number of fused-ring (bicyclic) bond motifs is 1. The lowest BCUT2D eigenvalue weighted by atomic mass is 10.2. The highest BCUT2D eigenvalue weighted by Gasteiger charge is 2.15. The second-order valence-corrected chi connectivity index (χ2v) is 5.35. The third-order valence-corrected chi connectivity index (χ3v) is 3.61. The van der Waals surface area contributed by atoms with Gasteiger partial charge in [-0.2, -0.15) is 5.10 Å². The Hall–Kier alpha value is -2.83. The standard InChI is InChI=1S/C16H19N5O2/c1-5-23-16-12-8-11(6-7-14(12)21(4)19-16)17-15(22)13-9-20(3)18-10(13)2/h6-9H,5H2,1-4H3,(H,17,22). The normalized spacial score (nSPS) is 11.0. The van der Waals surface area contributed by atoms with E-state index in [0.717, 1.165) is 10.9 Å². The maximum atomic E-state index is 12.4. The van der Waals surface area contributed by atoms with Crippen molar-refractivity contribution in [1.29, 1.82) is 0 Å². The minimum absolute atomic E-state index is 0.184. The van der Waals surface area contributed by atoms with Gasteiger partial charge in [0.25, 0.3) is 5.91 Å². The molecule has 0 saturated carbocycles. The lowest BCUT2D eigenvalue weighted by molar-refractivity contribution is 0.102. The molecule has 3 aromatic rings. The van der Waals surface area contributed by atoms with Gasteiger partial charge in [-0.3, -0.25) is 14.2 Å². The molecule has 1 aromatic carbocycles. The molecule has 0 radical (unpaired) electrons. The van der Waals surface area contributed by atoms with E-state index in [1.54, 1.807) is 22.6 Å². The number of amides is 1. The highest BCUT2D eigenvalue weighted by molar-refractivity contribution is 6.05. The summed E-state index contributed by atoms with van der Waals surface area (Å²) >= 11 is 0. The molecule has 0 fully saturated rings. The maximum absolute atomic E-state index is 12.4. The van der Waals surface area contributed by atoms with Crippen molar-refractivity contribution < 1.29 is 9.53 Å². The summed E-state index contributed by atoms with van der Waals surface area (Å²) in [4.78, 5) is 12.4. The van der Waals surface area contributed by atoms with E-state index in [2.05, 4.69) is 15.5 Å². The largest absolute Gasteiger partial charge is 0.476 e. The lowest BCUT2D eigenvalue weighted by Crippen LogP contribution is -2.12. The van der Waals surface area contributed by atoms with E-state index in [1.807, 2.05) is 39.1 Å². The first-order valence-electron chi connectivity index (χ1n) is 7.40. The Morgan fingerprint density at radius 3 is 2.74 bits per heavy atom. The third kappa shape index (κ3) is 2.77. The Labute approximate surface area is 133 Å². The Morgan fingerprint density at radius 1 is 1.30 bits per heavy atom. The van der Waals surface area contributed by atoms with Crippen molar-refractivity contribution >= 4 is 22.5 Å². The number of nitrogens with one attached hydrogen (secondary N) is 1. The molecule has 0 spiro atoms. The van der Waals surface area contributed by atoms with Gasteiger partial charge in [-0.1, -0.05) is 0 Å². The molecule has 0 atom stereocenters. The molecule has 2 aromatic heterocycles. The molecule has 0 aliphatic heterocycles. The molecule has 0 bridgehead atoms. The first kappa shape index (κ1) is 15.1. The molecule has 120 valence electrons. The third-order valence-electron chi connectivity index (χ3n) is 3.61. The van der Waals surface area contributed by atoms with Crippen molar-refractivity contribution in [2.75, 3.05) is 11.9 Å². The minimum Gasteiger partial charge on any atom is -0.476 e. The average Bonchev–Trinajstić information content (AvgIpc) is 2.99. The Kier molecular flexibility index (Phi) is 3.77. The summed E-state index contributed by atoms with van der Waals surface area (Å²) in [6, 6.07) is 5.64. The van der Waals surface area contributed by atoms with Gasteiger partial charge >= 0.3 is 0 Å². The fraction of sp³-hybridized carbons (Fsp3) is 0.312. The van der Waals surface area contributed by atoms with Gasteiger partial charge in [0, 0.05) is 26.0 Å². The highest BCUT2D eigenvalue weighted by Crippen LogP contribution is 2.27. The summed E-state index contributed by atoms with van der Waals surface area (Å²) < 4.78 is 8.94. The van der Waals surface area contributed by atoms with Crippen molar-refractivity contribution in [3.05, 3.63) is 35.7 Å². The molecule has 0 unspecified atom stereocenters. The second kappa shape index (κ2) is 5.75. The van der Waals surface area contributed by atoms with Crippen LogP contribution in [-0.4, -0.2) is 32.1 Å². The summed E-state index contributed by atoms with van der Waals surface area (Å²) in [5, 5.41) is 12.3. The molecule has 2 heterocycles. The molecule has 1 amide bonds. The number of carbonyl (C=O) groups excluding carboxylic acids is 1. The van der Waals surface area contributed by atoms with E-state index >= 15 is 0 Å². The SMILES string of the molecule is CCOc1nn(C)c2ccc(NC(=O)c3cn(C)nc3C)cc12. The number of hydrogen-bond acceptors (Lipinski definition) is 4. The molecule has 0 saturated heterocycles. The van der Waals surface area contributed by atoms with Crippen LogP contribution in [0.5, 0.6) is 5.88 Å². The van der Waals surface area contributed by atoms with Gasteiger partial charge in [0.1, 0.15) is 0 Å². The van der Waals surface area contributed by atoms with Crippen LogP contribution in [0.25, 0.3) is 10.9 Å². The van der Waals surface area contributed by atoms with Crippen LogP contribution in [0, 0.1) is 6.92 Å². The van der Waals surface area contributed by atoms with Gasteiger partial charge in [0.05, 0.1) is 28.8 Å². The van der Waals surface area contributed by atoms with Gasteiger partial charge in [-0.25, -0.2) is 0 Å². The molecule has 1 N–H and O–H groups in total. The van der Waals surface area contributed by atoms with E-state index < -0.39 is 0 Å². The first-order chi connectivity index (χ1) is 11.0. The fourth-order valence-corrected chi connectivity index (χ4v) is 2.58. The van der Waals surface area contributed by atoms with Gasteiger partial charge in [-0.05, 0) is 32.0 Å². The topological polar surface area (TPSA) is 74.0 Å². The monoisotopic (exact) mass is 313 g/mol. The molecule has 7 nitrogen and oxygen atoms in total. The molecule has 0 aliphatic rings. The number of carbonyl (C=O) groups is 1. The second-order valence-electron chi connectivity index (χ2n) is 5.35. The molecular formula is C16H19N5O2. The summed E-state index contributed by atoms with van der Waals surface area (Å²) in [5.41, 5.74) is 2.90. The number of aryl methyl sites for hydroxylation is 3. The van der Waals surface area contributed by atoms with Crippen molar-refractivity contribution in [3.8, 4) is 5.88 Å². The van der Waals surface area contributed by atoms with Crippen molar-refractivity contribution in [3.63, 3.8) is 0 Å². The number of nitrogens with zero attached hydrogens (tertiary/aromatic N) is 4. The predicted octanol–water partition coefficient (Wildman–Crippen LogP) is 2.27. The van der Waals surface area contributed by atoms with Crippen molar-refractivity contribution in [2.24, 2.45) is 14.1 Å². The van der Waals surface area contributed by atoms with E-state index in [1.165, 1.54) is 0 Å². The van der Waals surface area contributed by atoms with E-state index in [4.69, 9.17) is 4.74 Å². The van der Waals surface area contributed by atoms with Crippen molar-refractivity contribution in [2.45, 2.75) is 13.8 Å². The van der Waals surface area contributed by atoms with E-state index in [0.29, 0.717) is 29.4 Å².